The molecule has 1 N–H and O–H groups in total. The molecule has 3 aromatic carbocycles. The number of aliphatic carboxylic acids is 1. The summed E-state index contributed by atoms with van der Waals surface area (Å²) in [5.74, 6) is -0.475. The van der Waals surface area contributed by atoms with Crippen molar-refractivity contribution in [3.63, 3.8) is 0 Å². The van der Waals surface area contributed by atoms with Gasteiger partial charge >= 0.3 is 18.2 Å². The lowest BCUT2D eigenvalue weighted by Crippen LogP contribution is -2.37. The molecule has 0 bridgehead atoms. The third kappa shape index (κ3) is 10.8. The van der Waals surface area contributed by atoms with Crippen LogP contribution in [0.25, 0.3) is 0 Å². The van der Waals surface area contributed by atoms with Gasteiger partial charge < -0.3 is 24.2 Å². The van der Waals surface area contributed by atoms with Crippen LogP contribution in [0.15, 0.2) is 78.9 Å². The Kier molecular flexibility index (Phi) is 12.0. The molecule has 0 aromatic heterocycles. The second kappa shape index (κ2) is 15.7. The number of carbonyl (C=O) groups excluding carboxylic acids is 1. The van der Waals surface area contributed by atoms with E-state index in [1.807, 2.05) is 30.3 Å². The average Bonchev–Trinajstić information content (AvgIpc) is 2.95. The number of hydrogen-bond acceptors (Lipinski definition) is 5. The van der Waals surface area contributed by atoms with Crippen molar-refractivity contribution in [1.29, 1.82) is 0 Å². The molecule has 3 aromatic rings. The van der Waals surface area contributed by atoms with Crippen LogP contribution in [0.2, 0.25) is 0 Å². The third-order valence-electron chi connectivity index (χ3n) is 6.25. The molecule has 7 nitrogen and oxygen atoms in total. The second-order valence-electron chi connectivity index (χ2n) is 9.30. The molecule has 0 saturated heterocycles. The maximum atomic E-state index is 12.9. The Morgan fingerprint density at radius 2 is 1.51 bits per heavy atom. The van der Waals surface area contributed by atoms with Gasteiger partial charge in [-0.3, -0.25) is 0 Å². The highest BCUT2D eigenvalue weighted by Crippen LogP contribution is 2.30. The second-order valence-corrected chi connectivity index (χ2v) is 9.30. The van der Waals surface area contributed by atoms with Crippen LogP contribution < -0.4 is 9.47 Å². The van der Waals surface area contributed by atoms with Gasteiger partial charge in [0.1, 0.15) is 18.1 Å². The largest absolute Gasteiger partial charge is 0.492 e. The minimum Gasteiger partial charge on any atom is -0.492 e. The van der Waals surface area contributed by atoms with Gasteiger partial charge in [-0.15, -0.1) is 0 Å². The minimum absolute atomic E-state index is 0.0144. The maximum Gasteiger partial charge on any atom is 0.416 e. The molecule has 0 fully saturated rings. The molecule has 0 spiro atoms. The quantitative estimate of drug-likeness (QED) is 0.205. The summed E-state index contributed by atoms with van der Waals surface area (Å²) >= 11 is 0. The van der Waals surface area contributed by atoms with E-state index in [1.165, 1.54) is 10.5 Å². The molecule has 0 aliphatic carbocycles. The number of amides is 1. The number of benzene rings is 3. The summed E-state index contributed by atoms with van der Waals surface area (Å²) in [6, 6.07) is 20.9. The number of aryl methyl sites for hydroxylation is 1. The smallest absolute Gasteiger partial charge is 0.416 e. The lowest BCUT2D eigenvalue weighted by atomic mass is 10.1. The molecule has 0 aliphatic heterocycles. The number of hydrogen-bond donors (Lipinski definition) is 1. The number of halogens is 3. The van der Waals surface area contributed by atoms with Crippen molar-refractivity contribution in [2.75, 3.05) is 26.3 Å². The zero-order valence-corrected chi connectivity index (χ0v) is 22.8. The van der Waals surface area contributed by atoms with E-state index in [-0.39, 0.29) is 25.3 Å². The van der Waals surface area contributed by atoms with Gasteiger partial charge in [0.15, 0.2) is 6.10 Å². The van der Waals surface area contributed by atoms with E-state index >= 15 is 0 Å². The van der Waals surface area contributed by atoms with E-state index in [0.717, 1.165) is 42.7 Å². The van der Waals surface area contributed by atoms with Gasteiger partial charge in [-0.25, -0.2) is 9.59 Å². The third-order valence-corrected chi connectivity index (χ3v) is 6.25. The van der Waals surface area contributed by atoms with Gasteiger partial charge in [-0.2, -0.15) is 13.2 Å². The Balaban J connectivity index is 1.56. The van der Waals surface area contributed by atoms with Crippen LogP contribution in [0.1, 0.15) is 36.5 Å². The summed E-state index contributed by atoms with van der Waals surface area (Å²) < 4.78 is 55.0. The summed E-state index contributed by atoms with van der Waals surface area (Å²) in [5, 5.41) is 9.27. The van der Waals surface area contributed by atoms with E-state index in [9.17, 15) is 27.9 Å². The lowest BCUT2D eigenvalue weighted by molar-refractivity contribution is -0.150. The lowest BCUT2D eigenvalue weighted by Gasteiger charge is -2.22. The Bertz CT molecular complexity index is 1220. The van der Waals surface area contributed by atoms with E-state index in [1.54, 1.807) is 31.2 Å². The topological polar surface area (TPSA) is 85.3 Å². The predicted molar refractivity (Wildman–Crippen MR) is 147 cm³/mol. The van der Waals surface area contributed by atoms with Crippen LogP contribution in [0, 0.1) is 0 Å². The summed E-state index contributed by atoms with van der Waals surface area (Å²) in [5.41, 5.74) is 1.14. The summed E-state index contributed by atoms with van der Waals surface area (Å²) in [7, 11) is 0. The zero-order valence-electron chi connectivity index (χ0n) is 22.8. The van der Waals surface area contributed by atoms with Crippen molar-refractivity contribution < 1.29 is 42.1 Å². The molecular weight excluding hydrogens is 539 g/mol. The molecule has 0 heterocycles. The van der Waals surface area contributed by atoms with Crippen LogP contribution in [0.4, 0.5) is 18.0 Å². The Hall–Kier alpha value is -4.05. The van der Waals surface area contributed by atoms with Crippen molar-refractivity contribution >= 4 is 12.1 Å². The molecule has 3 rings (SSSR count). The zero-order chi connectivity index (χ0) is 29.7. The van der Waals surface area contributed by atoms with Crippen molar-refractivity contribution in [2.45, 2.75) is 44.9 Å². The molecule has 41 heavy (non-hydrogen) atoms. The fourth-order valence-corrected chi connectivity index (χ4v) is 4.08. The number of carbonyl (C=O) groups is 2. The van der Waals surface area contributed by atoms with Gasteiger partial charge in [0, 0.05) is 19.6 Å². The Labute approximate surface area is 237 Å². The SMILES string of the molecule is CCOC(Cc1ccc(OCCN(CCCCc2ccccc2)C(=O)Oc2ccc(C(F)(F)F)cc2)cc1)C(=O)O. The van der Waals surface area contributed by atoms with Crippen molar-refractivity contribution in [3.8, 4) is 11.5 Å². The molecular formula is C31H34F3NO6. The molecule has 0 radical (unpaired) electrons. The van der Waals surface area contributed by atoms with E-state index < -0.39 is 29.9 Å². The number of unbranched alkanes of at least 4 members (excludes halogenated alkanes) is 1. The van der Waals surface area contributed by atoms with Crippen molar-refractivity contribution in [2.24, 2.45) is 0 Å². The Morgan fingerprint density at radius 3 is 2.12 bits per heavy atom. The summed E-state index contributed by atoms with van der Waals surface area (Å²) in [4.78, 5) is 25.7. The van der Waals surface area contributed by atoms with Crippen LogP contribution >= 0.6 is 0 Å². The van der Waals surface area contributed by atoms with E-state index in [4.69, 9.17) is 14.2 Å². The highest BCUT2D eigenvalue weighted by molar-refractivity contribution is 5.72. The number of carboxylic acid groups (broad SMARTS) is 1. The van der Waals surface area contributed by atoms with Gasteiger partial charge in [-0.05, 0) is 73.7 Å². The monoisotopic (exact) mass is 573 g/mol. The van der Waals surface area contributed by atoms with Gasteiger partial charge in [-0.1, -0.05) is 42.5 Å². The van der Waals surface area contributed by atoms with Crippen molar-refractivity contribution in [3.05, 3.63) is 95.6 Å². The number of ether oxygens (including phenoxy) is 3. The highest BCUT2D eigenvalue weighted by atomic mass is 19.4. The molecule has 220 valence electrons. The standard InChI is InChI=1S/C31H34F3NO6/c1-2-39-28(29(36)37)22-24-11-15-26(16-12-24)40-21-20-35(19-7-6-10-23-8-4-3-5-9-23)30(38)41-27-17-13-25(14-18-27)31(32,33)34/h3-5,8-9,11-18,28H,2,6-7,10,19-22H2,1H3,(H,36,37). The maximum absolute atomic E-state index is 12.9. The highest BCUT2D eigenvalue weighted by Gasteiger charge is 2.30. The first kappa shape index (κ1) is 31.5. The number of rotatable bonds is 15. The molecule has 0 aliphatic rings. The van der Waals surface area contributed by atoms with Crippen LogP contribution in [0.3, 0.4) is 0 Å². The first-order chi connectivity index (χ1) is 19.7. The van der Waals surface area contributed by atoms with Gasteiger partial charge in [0.2, 0.25) is 0 Å². The minimum atomic E-state index is -4.48. The first-order valence-corrected chi connectivity index (χ1v) is 13.4. The van der Waals surface area contributed by atoms with Crippen LogP contribution in [0.5, 0.6) is 11.5 Å². The average molecular weight is 574 g/mol. The van der Waals surface area contributed by atoms with Crippen molar-refractivity contribution in [1.82, 2.24) is 4.90 Å². The molecule has 1 amide bonds. The number of carboxylic acids is 1. The predicted octanol–water partition coefficient (Wildman–Crippen LogP) is 6.64. The molecule has 1 unspecified atom stereocenters. The molecule has 1 atom stereocenters. The fourth-order valence-electron chi connectivity index (χ4n) is 4.08. The van der Waals surface area contributed by atoms with Gasteiger partial charge in [0.05, 0.1) is 12.1 Å². The van der Waals surface area contributed by atoms with Crippen LogP contribution in [-0.4, -0.2) is 54.5 Å². The molecule has 10 heteroatoms. The number of nitrogens with zero attached hydrogens (tertiary/aromatic N) is 1. The summed E-state index contributed by atoms with van der Waals surface area (Å²) in [6.45, 7) is 2.75. The van der Waals surface area contributed by atoms with E-state index in [2.05, 4.69) is 0 Å². The number of alkyl halides is 3. The normalized spacial score (nSPS) is 12.0. The molecule has 0 saturated carbocycles. The summed E-state index contributed by atoms with van der Waals surface area (Å²) in [6.07, 6.45) is -3.51. The Morgan fingerprint density at radius 1 is 0.854 bits per heavy atom. The van der Waals surface area contributed by atoms with Crippen LogP contribution in [-0.2, 0) is 28.5 Å². The van der Waals surface area contributed by atoms with E-state index in [0.29, 0.717) is 25.3 Å². The van der Waals surface area contributed by atoms with Gasteiger partial charge in [0.25, 0.3) is 0 Å². The first-order valence-electron chi connectivity index (χ1n) is 13.4. The fraction of sp³-hybridized carbons (Fsp3) is 0.355.